The molecule has 20 heavy (non-hydrogen) atoms. The van der Waals surface area contributed by atoms with Crippen molar-refractivity contribution in [2.75, 3.05) is 20.1 Å². The number of carbonyl (C=O) groups is 1. The molecule has 1 atom stereocenters. The lowest BCUT2D eigenvalue weighted by molar-refractivity contribution is 0.193. The molecule has 0 radical (unpaired) electrons. The van der Waals surface area contributed by atoms with Crippen LogP contribution in [0.4, 0.5) is 4.79 Å². The lowest BCUT2D eigenvalue weighted by atomic mass is 10.0. The van der Waals surface area contributed by atoms with Crippen LogP contribution in [0.25, 0.3) is 10.8 Å². The van der Waals surface area contributed by atoms with E-state index >= 15 is 0 Å². The van der Waals surface area contributed by atoms with E-state index in [2.05, 4.69) is 42.5 Å². The number of urea groups is 1. The molecular formula is C17H20N2O. The summed E-state index contributed by atoms with van der Waals surface area (Å²) in [5.74, 6) is 0. The van der Waals surface area contributed by atoms with Gasteiger partial charge in [-0.15, -0.1) is 0 Å². The third-order valence-electron chi connectivity index (χ3n) is 4.12. The zero-order chi connectivity index (χ0) is 14.1. The van der Waals surface area contributed by atoms with Crippen LogP contribution in [-0.2, 0) is 6.42 Å². The summed E-state index contributed by atoms with van der Waals surface area (Å²) in [6.45, 7) is 3.64. The first-order valence-electron chi connectivity index (χ1n) is 7.18. The summed E-state index contributed by atoms with van der Waals surface area (Å²) in [6.07, 6.45) is 0.925. The van der Waals surface area contributed by atoms with Gasteiger partial charge in [0.15, 0.2) is 0 Å². The number of carbonyl (C=O) groups excluding carboxylic acids is 1. The molecule has 3 heteroatoms. The van der Waals surface area contributed by atoms with E-state index in [1.54, 1.807) is 0 Å². The minimum Gasteiger partial charge on any atom is -0.326 e. The average Bonchev–Trinajstić information content (AvgIpc) is 2.73. The summed E-state index contributed by atoms with van der Waals surface area (Å²) in [5.41, 5.74) is 1.30. The second kappa shape index (κ2) is 5.16. The lowest BCUT2D eigenvalue weighted by Gasteiger charge is -2.21. The molecule has 0 bridgehead atoms. The van der Waals surface area contributed by atoms with Crippen molar-refractivity contribution >= 4 is 16.8 Å². The minimum absolute atomic E-state index is 0.151. The van der Waals surface area contributed by atoms with Crippen LogP contribution >= 0.6 is 0 Å². The fourth-order valence-corrected chi connectivity index (χ4v) is 3.07. The number of fused-ring (bicyclic) bond motifs is 1. The van der Waals surface area contributed by atoms with Gasteiger partial charge in [-0.3, -0.25) is 0 Å². The molecule has 1 unspecified atom stereocenters. The Morgan fingerprint density at radius 3 is 2.65 bits per heavy atom. The van der Waals surface area contributed by atoms with Gasteiger partial charge in [-0.25, -0.2) is 4.79 Å². The topological polar surface area (TPSA) is 23.6 Å². The Morgan fingerprint density at radius 2 is 1.90 bits per heavy atom. The van der Waals surface area contributed by atoms with Gasteiger partial charge in [-0.1, -0.05) is 42.5 Å². The van der Waals surface area contributed by atoms with Crippen LogP contribution in [0.2, 0.25) is 0 Å². The summed E-state index contributed by atoms with van der Waals surface area (Å²) in [4.78, 5) is 15.8. The van der Waals surface area contributed by atoms with E-state index in [1.165, 1.54) is 16.3 Å². The van der Waals surface area contributed by atoms with Crippen molar-refractivity contribution in [3.05, 3.63) is 48.0 Å². The first-order chi connectivity index (χ1) is 9.69. The number of rotatable bonds is 3. The molecule has 1 fully saturated rings. The van der Waals surface area contributed by atoms with Gasteiger partial charge >= 0.3 is 6.03 Å². The second-order valence-electron chi connectivity index (χ2n) is 5.49. The Labute approximate surface area is 119 Å². The second-order valence-corrected chi connectivity index (χ2v) is 5.49. The molecule has 1 aliphatic rings. The monoisotopic (exact) mass is 268 g/mol. The van der Waals surface area contributed by atoms with E-state index < -0.39 is 0 Å². The SMILES string of the molecule is CCN1C(=O)N(C)CC1Cc1ccc2ccccc2c1. The Morgan fingerprint density at radius 1 is 1.15 bits per heavy atom. The van der Waals surface area contributed by atoms with Gasteiger partial charge in [-0.05, 0) is 29.7 Å². The molecule has 0 N–H and O–H groups in total. The predicted octanol–water partition coefficient (Wildman–Crippen LogP) is 3.14. The first kappa shape index (κ1) is 13.0. The molecule has 104 valence electrons. The molecule has 2 aromatic carbocycles. The highest BCUT2D eigenvalue weighted by Gasteiger charge is 2.33. The lowest BCUT2D eigenvalue weighted by Crippen LogP contribution is -2.35. The molecule has 1 aliphatic heterocycles. The zero-order valence-electron chi connectivity index (χ0n) is 12.0. The van der Waals surface area contributed by atoms with Crippen LogP contribution in [0.3, 0.4) is 0 Å². The molecule has 0 aliphatic carbocycles. The number of likely N-dealkylation sites (N-methyl/N-ethyl adjacent to an activating group) is 2. The fourth-order valence-electron chi connectivity index (χ4n) is 3.07. The van der Waals surface area contributed by atoms with Crippen LogP contribution < -0.4 is 0 Å². The van der Waals surface area contributed by atoms with Crippen LogP contribution in [0.1, 0.15) is 12.5 Å². The molecule has 2 amide bonds. The van der Waals surface area contributed by atoms with Crippen molar-refractivity contribution in [3.8, 4) is 0 Å². The number of nitrogens with zero attached hydrogens (tertiary/aromatic N) is 2. The summed E-state index contributed by atoms with van der Waals surface area (Å²) >= 11 is 0. The van der Waals surface area contributed by atoms with E-state index in [1.807, 2.05) is 23.8 Å². The standard InChI is InChI=1S/C17H20N2O/c1-3-19-16(12-18(2)17(19)20)11-13-8-9-14-6-4-5-7-15(14)10-13/h4-10,16H,3,11-12H2,1-2H3. The highest BCUT2D eigenvalue weighted by Crippen LogP contribution is 2.21. The summed E-state index contributed by atoms with van der Waals surface area (Å²) in [5, 5.41) is 2.54. The molecule has 0 saturated carbocycles. The smallest absolute Gasteiger partial charge is 0.320 e. The van der Waals surface area contributed by atoms with E-state index in [9.17, 15) is 4.79 Å². The zero-order valence-corrected chi connectivity index (χ0v) is 12.0. The molecular weight excluding hydrogens is 248 g/mol. The average molecular weight is 268 g/mol. The summed E-state index contributed by atoms with van der Waals surface area (Å²) in [7, 11) is 1.88. The highest BCUT2D eigenvalue weighted by molar-refractivity contribution is 5.83. The van der Waals surface area contributed by atoms with Crippen molar-refractivity contribution < 1.29 is 4.79 Å². The van der Waals surface area contributed by atoms with Crippen LogP contribution in [0, 0.1) is 0 Å². The van der Waals surface area contributed by atoms with Crippen LogP contribution in [0.5, 0.6) is 0 Å². The Kier molecular flexibility index (Phi) is 3.35. The number of benzene rings is 2. The molecule has 1 heterocycles. The van der Waals surface area contributed by atoms with Gasteiger partial charge in [0.2, 0.25) is 0 Å². The van der Waals surface area contributed by atoms with Crippen molar-refractivity contribution in [2.45, 2.75) is 19.4 Å². The van der Waals surface area contributed by atoms with Crippen LogP contribution in [-0.4, -0.2) is 42.0 Å². The fraction of sp³-hybridized carbons (Fsp3) is 0.353. The summed E-state index contributed by atoms with van der Waals surface area (Å²) < 4.78 is 0. The number of hydrogen-bond donors (Lipinski definition) is 0. The number of hydrogen-bond acceptors (Lipinski definition) is 1. The maximum absolute atomic E-state index is 12.0. The minimum atomic E-state index is 0.151. The van der Waals surface area contributed by atoms with Gasteiger partial charge in [0.25, 0.3) is 0 Å². The van der Waals surface area contributed by atoms with E-state index in [0.29, 0.717) is 6.04 Å². The molecule has 1 saturated heterocycles. The normalized spacial score (nSPS) is 19.1. The van der Waals surface area contributed by atoms with Gasteiger partial charge in [0.1, 0.15) is 0 Å². The maximum Gasteiger partial charge on any atom is 0.320 e. The number of amides is 2. The van der Waals surface area contributed by atoms with Crippen molar-refractivity contribution in [1.29, 1.82) is 0 Å². The van der Waals surface area contributed by atoms with Gasteiger partial charge in [-0.2, -0.15) is 0 Å². The Balaban J connectivity index is 1.84. The predicted molar refractivity (Wildman–Crippen MR) is 81.8 cm³/mol. The quantitative estimate of drug-likeness (QED) is 0.839. The molecule has 2 aromatic rings. The first-order valence-corrected chi connectivity index (χ1v) is 7.18. The van der Waals surface area contributed by atoms with Crippen LogP contribution in [0.15, 0.2) is 42.5 Å². The van der Waals surface area contributed by atoms with Crippen molar-refractivity contribution in [3.63, 3.8) is 0 Å². The van der Waals surface area contributed by atoms with E-state index in [-0.39, 0.29) is 6.03 Å². The molecule has 0 aromatic heterocycles. The maximum atomic E-state index is 12.0. The largest absolute Gasteiger partial charge is 0.326 e. The van der Waals surface area contributed by atoms with Gasteiger partial charge in [0, 0.05) is 20.1 Å². The molecule has 3 nitrogen and oxygen atoms in total. The van der Waals surface area contributed by atoms with Gasteiger partial charge in [0.05, 0.1) is 6.04 Å². The van der Waals surface area contributed by atoms with Gasteiger partial charge < -0.3 is 9.80 Å². The van der Waals surface area contributed by atoms with E-state index in [0.717, 1.165) is 19.5 Å². The molecule has 3 rings (SSSR count). The summed E-state index contributed by atoms with van der Waals surface area (Å²) in [6, 6.07) is 15.4. The van der Waals surface area contributed by atoms with E-state index in [4.69, 9.17) is 0 Å². The third kappa shape index (κ3) is 2.24. The third-order valence-corrected chi connectivity index (χ3v) is 4.12. The van der Waals surface area contributed by atoms with Crippen molar-refractivity contribution in [1.82, 2.24) is 9.80 Å². The Bertz CT molecular complexity index is 638. The Hall–Kier alpha value is -2.03. The molecule has 0 spiro atoms. The van der Waals surface area contributed by atoms with Crippen molar-refractivity contribution in [2.24, 2.45) is 0 Å². The highest BCUT2D eigenvalue weighted by atomic mass is 16.2.